The Morgan fingerprint density at radius 1 is 1.00 bits per heavy atom. The molecule has 2 nitrogen and oxygen atoms in total. The van der Waals surface area contributed by atoms with Gasteiger partial charge in [0.25, 0.3) is 0 Å². The molecule has 1 aromatic heterocycles. The number of allylic oxidation sites excluding steroid dienone is 2. The summed E-state index contributed by atoms with van der Waals surface area (Å²) in [7, 11) is -2.75. The highest BCUT2D eigenvalue weighted by atomic mass is 35.5. The second-order valence-electron chi connectivity index (χ2n) is 4.58. The van der Waals surface area contributed by atoms with Crippen LogP contribution in [0.5, 0.6) is 0 Å². The van der Waals surface area contributed by atoms with E-state index in [1.807, 2.05) is 30.3 Å². The van der Waals surface area contributed by atoms with E-state index in [4.69, 9.17) is 23.2 Å². The molecule has 0 fully saturated rings. The Balaban J connectivity index is 2.28. The van der Waals surface area contributed by atoms with E-state index >= 15 is 0 Å². The van der Waals surface area contributed by atoms with Gasteiger partial charge in [-0.3, -0.25) is 8.63 Å². The average Bonchev–Trinajstić information content (AvgIpc) is 3.07. The molecule has 110 valence electrons. The number of hydrogen-bond acceptors (Lipinski definition) is 1. The van der Waals surface area contributed by atoms with Crippen molar-refractivity contribution >= 4 is 41.3 Å². The fourth-order valence-electron chi connectivity index (χ4n) is 2.33. The smallest absolute Gasteiger partial charge is 0.316 e. The van der Waals surface area contributed by atoms with Gasteiger partial charge in [-0.1, -0.05) is 53.5 Å². The zero-order valence-corrected chi connectivity index (χ0v) is 12.7. The number of aromatic nitrogens is 1. The van der Waals surface area contributed by atoms with Gasteiger partial charge < -0.3 is 4.48 Å². The van der Waals surface area contributed by atoms with E-state index in [2.05, 4.69) is 4.99 Å². The van der Waals surface area contributed by atoms with Crippen LogP contribution in [-0.2, 0) is 0 Å². The summed E-state index contributed by atoms with van der Waals surface area (Å²) < 4.78 is 27.4. The molecular weight excluding hydrogens is 328 g/mol. The van der Waals surface area contributed by atoms with Gasteiger partial charge in [-0.2, -0.15) is 0 Å². The van der Waals surface area contributed by atoms with Crippen LogP contribution < -0.4 is 0 Å². The Bertz CT molecular complexity index is 795. The first-order chi connectivity index (χ1) is 10.6. The predicted molar refractivity (Wildman–Crippen MR) is 87.7 cm³/mol. The molecule has 0 saturated heterocycles. The monoisotopic (exact) mass is 336 g/mol. The number of nitrogens with zero attached hydrogens (tertiary/aromatic N) is 2. The molecule has 0 spiro atoms. The quantitative estimate of drug-likeness (QED) is 0.711. The van der Waals surface area contributed by atoms with Gasteiger partial charge >= 0.3 is 7.40 Å². The minimum Gasteiger partial charge on any atom is -0.316 e. The summed E-state index contributed by atoms with van der Waals surface area (Å²) in [5, 5.41) is 0.278. The maximum Gasteiger partial charge on any atom is 0.678 e. The van der Waals surface area contributed by atoms with E-state index in [1.54, 1.807) is 18.2 Å². The minimum absolute atomic E-state index is 0.0314. The third-order valence-corrected chi connectivity index (χ3v) is 3.76. The van der Waals surface area contributed by atoms with Crippen molar-refractivity contribution in [3.63, 3.8) is 0 Å². The molecule has 3 rings (SSSR count). The van der Waals surface area contributed by atoms with Crippen LogP contribution in [0.3, 0.4) is 0 Å². The van der Waals surface area contributed by atoms with E-state index in [0.29, 0.717) is 22.1 Å². The summed E-state index contributed by atoms with van der Waals surface area (Å²) in [6.45, 7) is 0. The van der Waals surface area contributed by atoms with Crippen LogP contribution in [0.1, 0.15) is 11.3 Å². The fraction of sp³-hybridized carbons (Fsp3) is 0. The Morgan fingerprint density at radius 2 is 1.73 bits per heavy atom. The van der Waals surface area contributed by atoms with Gasteiger partial charge in [0.15, 0.2) is 0 Å². The molecule has 22 heavy (non-hydrogen) atoms. The summed E-state index contributed by atoms with van der Waals surface area (Å²) in [5.41, 5.74) is 2.13. The van der Waals surface area contributed by atoms with E-state index < -0.39 is 7.40 Å². The lowest BCUT2D eigenvalue weighted by molar-refractivity contribution is 0.628. The average molecular weight is 337 g/mol. The molecule has 7 heteroatoms. The topological polar surface area (TPSA) is 17.3 Å². The molecule has 2 heterocycles. The Hall–Kier alpha value is -1.85. The van der Waals surface area contributed by atoms with Crippen molar-refractivity contribution in [3.8, 4) is 0 Å². The molecular formula is C15H9BCl2F2N2. The summed E-state index contributed by atoms with van der Waals surface area (Å²) in [6, 6.07) is 12.2. The van der Waals surface area contributed by atoms with Gasteiger partial charge in [0, 0.05) is 11.3 Å². The van der Waals surface area contributed by atoms with Crippen molar-refractivity contribution in [1.29, 1.82) is 0 Å². The first-order valence-corrected chi connectivity index (χ1v) is 7.21. The third-order valence-electron chi connectivity index (χ3n) is 3.24. The van der Waals surface area contributed by atoms with Crippen molar-refractivity contribution in [2.75, 3.05) is 0 Å². The second-order valence-corrected chi connectivity index (χ2v) is 5.36. The second kappa shape index (κ2) is 6.11. The van der Waals surface area contributed by atoms with E-state index in [-0.39, 0.29) is 5.15 Å². The van der Waals surface area contributed by atoms with Crippen LogP contribution in [0.2, 0.25) is 5.15 Å². The summed E-state index contributed by atoms with van der Waals surface area (Å²) in [4.78, 5) is 4.20. The van der Waals surface area contributed by atoms with Crippen molar-refractivity contribution < 1.29 is 8.63 Å². The van der Waals surface area contributed by atoms with E-state index in [0.717, 1.165) is 10.0 Å². The van der Waals surface area contributed by atoms with Gasteiger partial charge in [0.05, 0.1) is 5.70 Å². The number of benzene rings is 1. The highest BCUT2D eigenvalue weighted by Crippen LogP contribution is 2.33. The van der Waals surface area contributed by atoms with Crippen molar-refractivity contribution in [3.05, 3.63) is 76.7 Å². The Kier molecular flexibility index (Phi) is 4.18. The van der Waals surface area contributed by atoms with E-state index in [9.17, 15) is 8.63 Å². The molecule has 0 radical (unpaired) electrons. The standard InChI is InChI=1S/C15H9BCl2F2N2/c17-13-8-6-11(21-13)15(10-4-2-1-3-5-10)12-7-9-14(18)22(12)16(19)20/h1-9H. The predicted octanol–water partition coefficient (Wildman–Crippen LogP) is 4.88. The third kappa shape index (κ3) is 2.74. The summed E-state index contributed by atoms with van der Waals surface area (Å²) in [5.74, 6) is 0. The molecule has 1 aromatic carbocycles. The molecule has 0 saturated carbocycles. The zero-order chi connectivity index (χ0) is 15.7. The lowest BCUT2D eigenvalue weighted by Crippen LogP contribution is -2.16. The SMILES string of the molecule is FB(F)n1c(Cl)ccc1C(=C1C=CC(Cl)=N1)c1ccccc1. The van der Waals surface area contributed by atoms with Gasteiger partial charge in [-0.05, 0) is 29.8 Å². The maximum absolute atomic E-state index is 13.3. The van der Waals surface area contributed by atoms with Gasteiger partial charge in [-0.25, -0.2) is 4.99 Å². The van der Waals surface area contributed by atoms with Crippen LogP contribution in [0.25, 0.3) is 5.57 Å². The van der Waals surface area contributed by atoms with Crippen molar-refractivity contribution in [2.24, 2.45) is 4.99 Å². The highest BCUT2D eigenvalue weighted by molar-refractivity contribution is 6.69. The van der Waals surface area contributed by atoms with Gasteiger partial charge in [0.1, 0.15) is 10.3 Å². The largest absolute Gasteiger partial charge is 0.678 e. The Labute approximate surface area is 136 Å². The fourth-order valence-corrected chi connectivity index (χ4v) is 2.72. The molecule has 0 bridgehead atoms. The molecule has 0 unspecified atom stereocenters. The van der Waals surface area contributed by atoms with Crippen LogP contribution >= 0.6 is 23.2 Å². The summed E-state index contributed by atoms with van der Waals surface area (Å²) >= 11 is 11.8. The number of rotatable bonds is 3. The first-order valence-electron chi connectivity index (χ1n) is 6.45. The lowest BCUT2D eigenvalue weighted by Gasteiger charge is -2.13. The van der Waals surface area contributed by atoms with Gasteiger partial charge in [-0.15, -0.1) is 0 Å². The van der Waals surface area contributed by atoms with Crippen molar-refractivity contribution in [2.45, 2.75) is 0 Å². The van der Waals surface area contributed by atoms with E-state index in [1.165, 1.54) is 6.07 Å². The normalized spacial score (nSPS) is 15.9. The number of halogens is 4. The van der Waals surface area contributed by atoms with Crippen LogP contribution in [0.15, 0.2) is 65.3 Å². The number of hydrogen-bond donors (Lipinski definition) is 0. The molecule has 0 aliphatic carbocycles. The van der Waals surface area contributed by atoms with Crippen LogP contribution in [0.4, 0.5) is 8.63 Å². The van der Waals surface area contributed by atoms with Gasteiger partial charge in [0.2, 0.25) is 0 Å². The van der Waals surface area contributed by atoms with Crippen LogP contribution in [-0.4, -0.2) is 17.1 Å². The molecule has 1 aliphatic rings. The van der Waals surface area contributed by atoms with Crippen molar-refractivity contribution in [1.82, 2.24) is 4.48 Å². The molecule has 0 N–H and O–H groups in total. The number of aliphatic imine (C=N–C) groups is 1. The summed E-state index contributed by atoms with van der Waals surface area (Å²) in [6.07, 6.45) is 3.32. The molecule has 1 aliphatic heterocycles. The molecule has 2 aromatic rings. The zero-order valence-electron chi connectivity index (χ0n) is 11.2. The maximum atomic E-state index is 13.3. The highest BCUT2D eigenvalue weighted by Gasteiger charge is 2.26. The first kappa shape index (κ1) is 15.1. The minimum atomic E-state index is -2.75. The Morgan fingerprint density at radius 3 is 2.32 bits per heavy atom. The van der Waals surface area contributed by atoms with Crippen LogP contribution in [0, 0.1) is 0 Å². The molecule has 0 atom stereocenters. The molecule has 0 amide bonds. The lowest BCUT2D eigenvalue weighted by atomic mass is 9.99.